The van der Waals surface area contributed by atoms with Crippen molar-refractivity contribution in [2.45, 2.75) is 26.3 Å². The average molecular weight is 347 g/mol. The lowest BCUT2D eigenvalue weighted by molar-refractivity contribution is -0.119. The first kappa shape index (κ1) is 16.6. The van der Waals surface area contributed by atoms with Crippen LogP contribution in [0.3, 0.4) is 0 Å². The van der Waals surface area contributed by atoms with Crippen molar-refractivity contribution in [3.63, 3.8) is 0 Å². The molecule has 5 nitrogen and oxygen atoms in total. The van der Waals surface area contributed by atoms with E-state index in [1.807, 2.05) is 25.1 Å². The molecule has 1 aliphatic rings. The number of anilines is 1. The zero-order valence-corrected chi connectivity index (χ0v) is 14.2. The number of furan rings is 1. The predicted octanol–water partition coefficient (Wildman–Crippen LogP) is 3.52. The van der Waals surface area contributed by atoms with Gasteiger partial charge in [0.1, 0.15) is 5.76 Å². The Bertz CT molecular complexity index is 769. The van der Waals surface area contributed by atoms with Crippen LogP contribution in [0.2, 0.25) is 5.02 Å². The molecule has 6 heteroatoms. The molecule has 2 heterocycles. The predicted molar refractivity (Wildman–Crippen MR) is 92.4 cm³/mol. The van der Waals surface area contributed by atoms with E-state index in [0.29, 0.717) is 35.9 Å². The third kappa shape index (κ3) is 3.62. The van der Waals surface area contributed by atoms with Gasteiger partial charge in [0.2, 0.25) is 0 Å². The highest BCUT2D eigenvalue weighted by Gasteiger charge is 2.28. The zero-order chi connectivity index (χ0) is 17.1. The Labute approximate surface area is 145 Å². The molecule has 0 saturated carbocycles. The highest BCUT2D eigenvalue weighted by atomic mass is 35.5. The van der Waals surface area contributed by atoms with Gasteiger partial charge in [-0.05, 0) is 30.7 Å². The van der Waals surface area contributed by atoms with Crippen LogP contribution in [0.15, 0.2) is 34.7 Å². The van der Waals surface area contributed by atoms with Crippen LogP contribution >= 0.6 is 11.6 Å². The summed E-state index contributed by atoms with van der Waals surface area (Å²) >= 11 is 5.93. The van der Waals surface area contributed by atoms with Crippen LogP contribution in [-0.4, -0.2) is 29.7 Å². The maximum absolute atomic E-state index is 12.3. The number of fused-ring (bicyclic) bond motifs is 1. The summed E-state index contributed by atoms with van der Waals surface area (Å²) in [5.74, 6) is 1.36. The quantitative estimate of drug-likeness (QED) is 0.833. The molecule has 1 N–H and O–H groups in total. The van der Waals surface area contributed by atoms with Crippen LogP contribution in [0.4, 0.5) is 5.88 Å². The molecule has 1 aliphatic heterocycles. The summed E-state index contributed by atoms with van der Waals surface area (Å²) in [5, 5.41) is 3.61. The number of carbonyl (C=O) groups is 2. The van der Waals surface area contributed by atoms with E-state index in [4.69, 9.17) is 16.0 Å². The Kier molecular flexibility index (Phi) is 4.90. The molecule has 0 atom stereocenters. The molecule has 0 unspecified atom stereocenters. The molecule has 0 bridgehead atoms. The molecular formula is C18H19ClN2O3. The first-order valence-electron chi connectivity index (χ1n) is 7.99. The van der Waals surface area contributed by atoms with Gasteiger partial charge in [-0.15, -0.1) is 0 Å². The van der Waals surface area contributed by atoms with Crippen molar-refractivity contribution in [2.24, 2.45) is 0 Å². The number of aryl methyl sites for hydroxylation is 1. The third-order valence-electron chi connectivity index (χ3n) is 3.98. The monoisotopic (exact) mass is 346 g/mol. The molecule has 2 aromatic rings. The van der Waals surface area contributed by atoms with Crippen molar-refractivity contribution in [1.29, 1.82) is 0 Å². The molecule has 0 fully saturated rings. The normalized spacial score (nSPS) is 13.2. The Balaban J connectivity index is 1.53. The minimum Gasteiger partial charge on any atom is -0.446 e. The summed E-state index contributed by atoms with van der Waals surface area (Å²) in [6.45, 7) is 3.35. The van der Waals surface area contributed by atoms with Crippen molar-refractivity contribution < 1.29 is 14.0 Å². The molecule has 1 aromatic heterocycles. The lowest BCUT2D eigenvalue weighted by Gasteiger charge is -2.14. The van der Waals surface area contributed by atoms with Crippen LogP contribution in [0.25, 0.3) is 0 Å². The minimum absolute atomic E-state index is 0.0173. The van der Waals surface area contributed by atoms with Crippen molar-refractivity contribution in [2.75, 3.05) is 18.4 Å². The van der Waals surface area contributed by atoms with Gasteiger partial charge in [-0.2, -0.15) is 0 Å². The lowest BCUT2D eigenvalue weighted by Crippen LogP contribution is -2.30. The van der Waals surface area contributed by atoms with Gasteiger partial charge in [0.05, 0.1) is 6.54 Å². The van der Waals surface area contributed by atoms with Crippen LogP contribution in [-0.2, 0) is 17.8 Å². The minimum atomic E-state index is -0.131. The van der Waals surface area contributed by atoms with Gasteiger partial charge in [0.15, 0.2) is 11.7 Å². The first-order valence-corrected chi connectivity index (χ1v) is 8.36. The summed E-state index contributed by atoms with van der Waals surface area (Å²) in [6.07, 6.45) is 0.880. The number of Topliss-reactive ketones (excluding diaryl/α,β-unsaturated/α-hetero) is 1. The van der Waals surface area contributed by atoms with Crippen molar-refractivity contribution in [3.05, 3.63) is 52.2 Å². The van der Waals surface area contributed by atoms with Crippen LogP contribution in [0.5, 0.6) is 0 Å². The van der Waals surface area contributed by atoms with Crippen molar-refractivity contribution >= 4 is 29.2 Å². The molecule has 1 aromatic carbocycles. The Morgan fingerprint density at radius 1 is 1.33 bits per heavy atom. The van der Waals surface area contributed by atoms with Crippen LogP contribution in [0.1, 0.15) is 35.0 Å². The number of nitrogens with one attached hydrogen (secondary N) is 1. The third-order valence-corrected chi connectivity index (χ3v) is 4.22. The summed E-state index contributed by atoms with van der Waals surface area (Å²) in [7, 11) is 0. The molecule has 0 aliphatic carbocycles. The number of benzene rings is 1. The van der Waals surface area contributed by atoms with Crippen LogP contribution < -0.4 is 5.32 Å². The largest absolute Gasteiger partial charge is 0.446 e. The van der Waals surface area contributed by atoms with Gasteiger partial charge in [-0.25, -0.2) is 0 Å². The molecule has 1 amide bonds. The molecule has 3 rings (SSSR count). The smallest absolute Gasteiger partial charge is 0.254 e. The molecule has 0 saturated heterocycles. The summed E-state index contributed by atoms with van der Waals surface area (Å²) in [4.78, 5) is 26.1. The number of rotatable bonds is 7. The fourth-order valence-corrected chi connectivity index (χ4v) is 2.97. The van der Waals surface area contributed by atoms with Gasteiger partial charge in [-0.3, -0.25) is 9.59 Å². The maximum atomic E-state index is 12.3. The van der Waals surface area contributed by atoms with Gasteiger partial charge >= 0.3 is 0 Å². The van der Waals surface area contributed by atoms with E-state index in [2.05, 4.69) is 5.32 Å². The number of nitrogens with zero attached hydrogens (tertiary/aromatic N) is 1. The second-order valence-electron chi connectivity index (χ2n) is 5.80. The van der Waals surface area contributed by atoms with E-state index >= 15 is 0 Å². The van der Waals surface area contributed by atoms with Gasteiger partial charge in [0, 0.05) is 42.6 Å². The second-order valence-corrected chi connectivity index (χ2v) is 6.23. The number of ketones is 1. The highest BCUT2D eigenvalue weighted by molar-refractivity contribution is 6.31. The fourth-order valence-electron chi connectivity index (χ4n) is 2.80. The van der Waals surface area contributed by atoms with E-state index in [-0.39, 0.29) is 18.2 Å². The molecule has 24 heavy (non-hydrogen) atoms. The summed E-state index contributed by atoms with van der Waals surface area (Å²) in [6, 6.07) is 8.98. The van der Waals surface area contributed by atoms with E-state index in [1.54, 1.807) is 17.0 Å². The van der Waals surface area contributed by atoms with Gasteiger partial charge in [-0.1, -0.05) is 17.7 Å². The van der Waals surface area contributed by atoms with Gasteiger partial charge < -0.3 is 14.6 Å². The molecule has 126 valence electrons. The van der Waals surface area contributed by atoms with Crippen LogP contribution in [0, 0.1) is 0 Å². The highest BCUT2D eigenvalue weighted by Crippen LogP contribution is 2.25. The number of halogens is 1. The van der Waals surface area contributed by atoms with E-state index in [9.17, 15) is 9.59 Å². The lowest BCUT2D eigenvalue weighted by atomic mass is 10.1. The standard InChI is InChI=1S/C18H19ClN2O3/c1-2-20-17-8-7-15(24-17)6-5-14(22)11-21-10-12-3-4-13(19)9-16(12)18(21)23/h3-4,7-9,20H,2,5-6,10-11H2,1H3. The van der Waals surface area contributed by atoms with E-state index in [0.717, 1.165) is 17.9 Å². The fraction of sp³-hybridized carbons (Fsp3) is 0.333. The number of amides is 1. The second kappa shape index (κ2) is 7.09. The van der Waals surface area contributed by atoms with E-state index < -0.39 is 0 Å². The SMILES string of the molecule is CCNc1ccc(CCC(=O)CN2Cc3ccc(Cl)cc3C2=O)o1. The Morgan fingerprint density at radius 2 is 2.17 bits per heavy atom. The average Bonchev–Trinajstić information content (AvgIpc) is 3.12. The maximum Gasteiger partial charge on any atom is 0.254 e. The number of carbonyl (C=O) groups excluding carboxylic acids is 2. The zero-order valence-electron chi connectivity index (χ0n) is 13.5. The number of hydrogen-bond donors (Lipinski definition) is 1. The van der Waals surface area contributed by atoms with Gasteiger partial charge in [0.25, 0.3) is 5.91 Å². The first-order chi connectivity index (χ1) is 11.6. The molecule has 0 spiro atoms. The number of hydrogen-bond acceptors (Lipinski definition) is 4. The topological polar surface area (TPSA) is 62.6 Å². The summed E-state index contributed by atoms with van der Waals surface area (Å²) in [5.41, 5.74) is 1.51. The Hall–Kier alpha value is -2.27. The molecular weight excluding hydrogens is 328 g/mol. The van der Waals surface area contributed by atoms with Crippen molar-refractivity contribution in [1.82, 2.24) is 4.90 Å². The van der Waals surface area contributed by atoms with E-state index in [1.165, 1.54) is 0 Å². The Morgan fingerprint density at radius 3 is 2.96 bits per heavy atom. The summed E-state index contributed by atoms with van der Waals surface area (Å²) < 4.78 is 5.57. The van der Waals surface area contributed by atoms with Crippen molar-refractivity contribution in [3.8, 4) is 0 Å². The molecule has 0 radical (unpaired) electrons.